The van der Waals surface area contributed by atoms with Crippen molar-refractivity contribution in [3.8, 4) is 0 Å². The van der Waals surface area contributed by atoms with Crippen LogP contribution in [0.25, 0.3) is 0 Å². The summed E-state index contributed by atoms with van der Waals surface area (Å²) in [7, 11) is 0. The van der Waals surface area contributed by atoms with E-state index in [9.17, 15) is 24.3 Å². The zero-order valence-electron chi connectivity index (χ0n) is 22.4. The molecule has 2 N–H and O–H groups in total. The average molecular weight is 528 g/mol. The van der Waals surface area contributed by atoms with Gasteiger partial charge < -0.3 is 24.5 Å². The number of nitrogens with zero attached hydrogens (tertiary/aromatic N) is 2. The first-order chi connectivity index (χ1) is 18.0. The maximum absolute atomic E-state index is 13.2. The van der Waals surface area contributed by atoms with Gasteiger partial charge in [-0.1, -0.05) is 39.0 Å². The fourth-order valence-electron chi connectivity index (χ4n) is 4.65. The van der Waals surface area contributed by atoms with Gasteiger partial charge in [-0.05, 0) is 43.4 Å². The second-order valence-corrected chi connectivity index (χ2v) is 10.2. The summed E-state index contributed by atoms with van der Waals surface area (Å²) in [5.41, 5.74) is 0.699. The summed E-state index contributed by atoms with van der Waals surface area (Å²) in [6.45, 7) is 8.13. The van der Waals surface area contributed by atoms with Crippen molar-refractivity contribution < 1.29 is 33.4 Å². The maximum Gasteiger partial charge on any atom is 0.329 e. The van der Waals surface area contributed by atoms with Gasteiger partial charge in [0.15, 0.2) is 17.4 Å². The molecular formula is C28H37N3O7. The Labute approximate surface area is 222 Å². The number of carbonyl (C=O) groups is 4. The van der Waals surface area contributed by atoms with Crippen molar-refractivity contribution in [1.82, 2.24) is 15.2 Å². The number of aliphatic hydroxyl groups excluding tert-OH is 1. The third-order valence-electron chi connectivity index (χ3n) is 6.55. The number of aliphatic hydroxyl groups is 1. The van der Waals surface area contributed by atoms with Crippen molar-refractivity contribution in [1.29, 1.82) is 0 Å². The Morgan fingerprint density at radius 3 is 2.66 bits per heavy atom. The minimum absolute atomic E-state index is 0.0216. The first kappa shape index (κ1) is 29.0. The molecule has 0 aliphatic carbocycles. The van der Waals surface area contributed by atoms with Crippen LogP contribution in [0, 0.1) is 11.8 Å². The van der Waals surface area contributed by atoms with Crippen LogP contribution in [0.5, 0.6) is 0 Å². The highest BCUT2D eigenvalue weighted by molar-refractivity contribution is 5.95. The maximum atomic E-state index is 13.2. The van der Waals surface area contributed by atoms with Gasteiger partial charge in [0.1, 0.15) is 18.4 Å². The van der Waals surface area contributed by atoms with Crippen molar-refractivity contribution >= 4 is 23.6 Å². The Morgan fingerprint density at radius 2 is 1.92 bits per heavy atom. The zero-order valence-corrected chi connectivity index (χ0v) is 22.4. The quantitative estimate of drug-likeness (QED) is 0.531. The van der Waals surface area contributed by atoms with E-state index < -0.39 is 30.1 Å². The van der Waals surface area contributed by atoms with E-state index in [2.05, 4.69) is 10.3 Å². The number of carbonyl (C=O) groups excluding carboxylic acids is 4. The van der Waals surface area contributed by atoms with Crippen LogP contribution in [0.2, 0.25) is 0 Å². The number of oxazole rings is 1. The molecule has 0 aromatic carbocycles. The third kappa shape index (κ3) is 7.98. The van der Waals surface area contributed by atoms with Gasteiger partial charge in [-0.25, -0.2) is 9.78 Å². The van der Waals surface area contributed by atoms with Gasteiger partial charge >= 0.3 is 5.97 Å². The van der Waals surface area contributed by atoms with E-state index in [1.807, 2.05) is 20.8 Å². The summed E-state index contributed by atoms with van der Waals surface area (Å²) in [6.07, 6.45) is 8.55. The molecule has 10 nitrogen and oxygen atoms in total. The number of amides is 2. The van der Waals surface area contributed by atoms with Crippen molar-refractivity contribution in [2.24, 2.45) is 11.8 Å². The van der Waals surface area contributed by atoms with Gasteiger partial charge in [-0.3, -0.25) is 14.4 Å². The first-order valence-corrected chi connectivity index (χ1v) is 13.0. The lowest BCUT2D eigenvalue weighted by molar-refractivity contribution is -0.158. The minimum atomic E-state index is -1.05. The van der Waals surface area contributed by atoms with Gasteiger partial charge in [0.2, 0.25) is 5.91 Å². The van der Waals surface area contributed by atoms with Gasteiger partial charge in [-0.15, -0.1) is 0 Å². The molecule has 206 valence electrons. The van der Waals surface area contributed by atoms with E-state index >= 15 is 0 Å². The number of hydrogen-bond donors (Lipinski definition) is 2. The Hall–Kier alpha value is -3.53. The average Bonchev–Trinajstić information content (AvgIpc) is 3.52. The molecule has 10 heteroatoms. The number of ether oxygens (including phenoxy) is 1. The molecule has 3 heterocycles. The van der Waals surface area contributed by atoms with Crippen LogP contribution in [0.4, 0.5) is 0 Å². The summed E-state index contributed by atoms with van der Waals surface area (Å²) in [6, 6.07) is -0.755. The third-order valence-corrected chi connectivity index (χ3v) is 6.55. The molecule has 1 saturated heterocycles. The molecule has 2 amide bonds. The van der Waals surface area contributed by atoms with E-state index in [-0.39, 0.29) is 54.5 Å². The summed E-state index contributed by atoms with van der Waals surface area (Å²) in [5, 5.41) is 13.1. The number of cyclic esters (lactones) is 1. The van der Waals surface area contributed by atoms with Crippen LogP contribution in [-0.4, -0.2) is 69.9 Å². The predicted octanol–water partition coefficient (Wildman–Crippen LogP) is 2.53. The van der Waals surface area contributed by atoms with Crippen LogP contribution in [-0.2, 0) is 25.5 Å². The summed E-state index contributed by atoms with van der Waals surface area (Å²) >= 11 is 0. The molecule has 1 unspecified atom stereocenters. The number of ketones is 1. The van der Waals surface area contributed by atoms with Gasteiger partial charge in [0, 0.05) is 25.4 Å². The molecule has 2 aliphatic heterocycles. The predicted molar refractivity (Wildman–Crippen MR) is 139 cm³/mol. The van der Waals surface area contributed by atoms with Crippen LogP contribution < -0.4 is 5.32 Å². The summed E-state index contributed by atoms with van der Waals surface area (Å²) in [4.78, 5) is 56.5. The monoisotopic (exact) mass is 527 g/mol. The van der Waals surface area contributed by atoms with Crippen molar-refractivity contribution in [2.45, 2.75) is 71.6 Å². The van der Waals surface area contributed by atoms with E-state index in [0.717, 1.165) is 0 Å². The molecule has 1 fully saturated rings. The highest BCUT2D eigenvalue weighted by atomic mass is 16.5. The number of rotatable bonds is 1. The standard InChI is InChI=1S/C28H37N3O7/c1-17(2)26-19(4)9-10-24(34)29-11-5-7-18(3)13-20(32)14-21(33)15-25-30-22(16-37-25)27(35)31-12-6-8-23(31)28(36)38-26/h5,7,9-10,13,16-17,19,21,23,26,33H,6,8,11-12,14-15H2,1-4H3,(H,29,34)/b7-5+,10-9+,18-13+/t19-,21+,23-,26?/m1/s1. The number of hydrogen-bond acceptors (Lipinski definition) is 8. The Balaban J connectivity index is 1.85. The van der Waals surface area contributed by atoms with E-state index in [0.29, 0.717) is 25.0 Å². The van der Waals surface area contributed by atoms with Crippen molar-refractivity contribution in [2.75, 3.05) is 13.1 Å². The van der Waals surface area contributed by atoms with Crippen LogP contribution >= 0.6 is 0 Å². The number of nitrogens with one attached hydrogen (secondary N) is 1. The molecule has 0 radical (unpaired) electrons. The molecule has 3 rings (SSSR count). The normalized spacial score (nSPS) is 29.7. The van der Waals surface area contributed by atoms with Gasteiger partial charge in [-0.2, -0.15) is 0 Å². The number of aromatic nitrogens is 1. The summed E-state index contributed by atoms with van der Waals surface area (Å²) < 4.78 is 11.3. The van der Waals surface area contributed by atoms with E-state index in [1.165, 1.54) is 23.3 Å². The fraction of sp³-hybridized carbons (Fsp3) is 0.536. The molecule has 38 heavy (non-hydrogen) atoms. The smallest absolute Gasteiger partial charge is 0.329 e. The number of fused-ring (bicyclic) bond motifs is 3. The molecule has 2 aliphatic rings. The minimum Gasteiger partial charge on any atom is -0.460 e. The molecule has 2 bridgehead atoms. The Morgan fingerprint density at radius 1 is 1.16 bits per heavy atom. The lowest BCUT2D eigenvalue weighted by atomic mass is 9.94. The van der Waals surface area contributed by atoms with E-state index in [4.69, 9.17) is 9.15 Å². The highest BCUT2D eigenvalue weighted by Gasteiger charge is 2.38. The van der Waals surface area contributed by atoms with Crippen LogP contribution in [0.3, 0.4) is 0 Å². The second kappa shape index (κ2) is 13.3. The van der Waals surface area contributed by atoms with Crippen LogP contribution in [0.15, 0.2) is 46.6 Å². The SMILES string of the molecule is CC1=C\C(=O)C[C@H](O)Cc2nc(co2)C(=O)N2CCC[C@@H]2C(=O)OC(C(C)C)[C@H](C)/C=C/C(=O)NC\C=C\1. The first-order valence-electron chi connectivity index (χ1n) is 13.0. The fourth-order valence-corrected chi connectivity index (χ4v) is 4.65. The largest absolute Gasteiger partial charge is 0.460 e. The Bertz CT molecular complexity index is 1120. The molecular weight excluding hydrogens is 490 g/mol. The highest BCUT2D eigenvalue weighted by Crippen LogP contribution is 2.25. The lowest BCUT2D eigenvalue weighted by Crippen LogP contribution is -2.44. The van der Waals surface area contributed by atoms with Gasteiger partial charge in [0.25, 0.3) is 5.91 Å². The lowest BCUT2D eigenvalue weighted by Gasteiger charge is -2.29. The van der Waals surface area contributed by atoms with Crippen molar-refractivity contribution in [3.63, 3.8) is 0 Å². The topological polar surface area (TPSA) is 139 Å². The molecule has 1 aromatic rings. The molecule has 0 spiro atoms. The molecule has 1 aromatic heterocycles. The van der Waals surface area contributed by atoms with Crippen LogP contribution in [0.1, 0.15) is 63.3 Å². The number of allylic oxidation sites excluding steroid dienone is 3. The summed E-state index contributed by atoms with van der Waals surface area (Å²) in [5.74, 6) is -1.67. The van der Waals surface area contributed by atoms with Crippen molar-refractivity contribution in [3.05, 3.63) is 53.8 Å². The van der Waals surface area contributed by atoms with Gasteiger partial charge in [0.05, 0.1) is 12.5 Å². The van der Waals surface area contributed by atoms with E-state index in [1.54, 1.807) is 25.2 Å². The number of esters is 1. The Kier molecular flexibility index (Phi) is 10.2. The second-order valence-electron chi connectivity index (χ2n) is 10.2. The zero-order chi connectivity index (χ0) is 27.8. The molecule has 0 saturated carbocycles. The molecule has 4 atom stereocenters.